The summed E-state index contributed by atoms with van der Waals surface area (Å²) in [5.41, 5.74) is 0.760. The summed E-state index contributed by atoms with van der Waals surface area (Å²) in [4.78, 5) is 14.8. The molecule has 0 bridgehead atoms. The van der Waals surface area contributed by atoms with Crippen LogP contribution in [0.2, 0.25) is 0 Å². The van der Waals surface area contributed by atoms with E-state index in [9.17, 15) is 22.0 Å². The average molecular weight is 348 g/mol. The van der Waals surface area contributed by atoms with Gasteiger partial charge in [-0.15, -0.1) is 0 Å². The standard InChI is InChI=1S/C14H18F2N2O4S/c1-22-13(19)10-17-6-8-18(9-7-17)11-2-4-12(5-3-11)23(20,21)14(15)16/h2-5,14H,6-10H2,1H3. The highest BCUT2D eigenvalue weighted by Gasteiger charge is 2.26. The molecule has 0 amide bonds. The minimum Gasteiger partial charge on any atom is -0.468 e. The van der Waals surface area contributed by atoms with Crippen molar-refractivity contribution in [3.8, 4) is 0 Å². The topological polar surface area (TPSA) is 66.9 Å². The maximum absolute atomic E-state index is 12.5. The Morgan fingerprint density at radius 1 is 1.17 bits per heavy atom. The van der Waals surface area contributed by atoms with Crippen molar-refractivity contribution in [1.82, 2.24) is 4.90 Å². The summed E-state index contributed by atoms with van der Waals surface area (Å²) >= 11 is 0. The first-order valence-corrected chi connectivity index (χ1v) is 8.55. The molecule has 1 aromatic rings. The van der Waals surface area contributed by atoms with Crippen molar-refractivity contribution < 1.29 is 26.7 Å². The van der Waals surface area contributed by atoms with E-state index in [1.165, 1.54) is 31.4 Å². The molecule has 1 saturated heterocycles. The van der Waals surface area contributed by atoms with Gasteiger partial charge < -0.3 is 9.64 Å². The molecule has 2 rings (SSSR count). The molecule has 1 aromatic carbocycles. The van der Waals surface area contributed by atoms with Gasteiger partial charge in [-0.05, 0) is 24.3 Å². The lowest BCUT2D eigenvalue weighted by Crippen LogP contribution is -2.48. The molecule has 6 nitrogen and oxygen atoms in total. The maximum atomic E-state index is 12.5. The molecule has 0 N–H and O–H groups in total. The normalized spacial score (nSPS) is 16.6. The van der Waals surface area contributed by atoms with Crippen LogP contribution in [0, 0.1) is 0 Å². The van der Waals surface area contributed by atoms with Crippen LogP contribution >= 0.6 is 0 Å². The molecule has 1 aliphatic heterocycles. The first-order chi connectivity index (χ1) is 10.8. The van der Waals surface area contributed by atoms with Crippen LogP contribution in [0.4, 0.5) is 14.5 Å². The summed E-state index contributed by atoms with van der Waals surface area (Å²) in [6, 6.07) is 5.42. The van der Waals surface area contributed by atoms with E-state index in [2.05, 4.69) is 4.74 Å². The van der Waals surface area contributed by atoms with Gasteiger partial charge in [-0.3, -0.25) is 9.69 Å². The molecule has 9 heteroatoms. The molecule has 0 saturated carbocycles. The number of ether oxygens (including phenoxy) is 1. The van der Waals surface area contributed by atoms with E-state index in [0.29, 0.717) is 26.2 Å². The molecule has 0 radical (unpaired) electrons. The quantitative estimate of drug-likeness (QED) is 0.739. The number of hydrogen-bond acceptors (Lipinski definition) is 6. The summed E-state index contributed by atoms with van der Waals surface area (Å²) in [5, 5.41) is 0. The van der Waals surface area contributed by atoms with Gasteiger partial charge in [-0.1, -0.05) is 0 Å². The number of sulfone groups is 1. The minimum atomic E-state index is -4.56. The van der Waals surface area contributed by atoms with Gasteiger partial charge in [0.15, 0.2) is 0 Å². The Balaban J connectivity index is 1.98. The molecule has 1 heterocycles. The van der Waals surface area contributed by atoms with E-state index >= 15 is 0 Å². The molecule has 0 unspecified atom stereocenters. The molecular weight excluding hydrogens is 330 g/mol. The number of methoxy groups -OCH3 is 1. The Bertz CT molecular complexity index is 641. The summed E-state index contributed by atoms with van der Waals surface area (Å²) < 4.78 is 52.4. The smallest absolute Gasteiger partial charge is 0.341 e. The van der Waals surface area contributed by atoms with E-state index in [0.717, 1.165) is 5.69 Å². The Morgan fingerprint density at radius 2 is 1.74 bits per heavy atom. The zero-order chi connectivity index (χ0) is 17.0. The van der Waals surface area contributed by atoms with Crippen LogP contribution in [0.3, 0.4) is 0 Å². The predicted molar refractivity (Wildman–Crippen MR) is 80.3 cm³/mol. The highest BCUT2D eigenvalue weighted by Crippen LogP contribution is 2.23. The molecule has 1 fully saturated rings. The number of nitrogens with zero attached hydrogens (tertiary/aromatic N) is 2. The van der Waals surface area contributed by atoms with Crippen LogP contribution in [0.1, 0.15) is 0 Å². The molecule has 128 valence electrons. The van der Waals surface area contributed by atoms with Crippen molar-refractivity contribution in [2.45, 2.75) is 10.7 Å². The zero-order valence-corrected chi connectivity index (χ0v) is 13.4. The first-order valence-electron chi connectivity index (χ1n) is 7.01. The van der Waals surface area contributed by atoms with Crippen molar-refractivity contribution in [2.75, 3.05) is 44.7 Å². The largest absolute Gasteiger partial charge is 0.468 e. The Labute approximate surface area is 133 Å². The molecule has 23 heavy (non-hydrogen) atoms. The minimum absolute atomic E-state index is 0.232. The number of alkyl halides is 2. The van der Waals surface area contributed by atoms with Gasteiger partial charge in [0, 0.05) is 31.9 Å². The summed E-state index contributed by atoms with van der Waals surface area (Å²) in [6.45, 7) is 2.85. The lowest BCUT2D eigenvalue weighted by atomic mass is 10.2. The summed E-state index contributed by atoms with van der Waals surface area (Å²) in [5.74, 6) is -3.71. The van der Waals surface area contributed by atoms with E-state index in [-0.39, 0.29) is 17.4 Å². The number of hydrogen-bond donors (Lipinski definition) is 0. The zero-order valence-electron chi connectivity index (χ0n) is 12.6. The predicted octanol–water partition coefficient (Wildman–Crippen LogP) is 0.978. The fourth-order valence-corrected chi connectivity index (χ4v) is 3.08. The number of benzene rings is 1. The summed E-state index contributed by atoms with van der Waals surface area (Å²) in [6.07, 6.45) is 0. The second kappa shape index (κ2) is 7.22. The van der Waals surface area contributed by atoms with E-state index in [4.69, 9.17) is 0 Å². The van der Waals surface area contributed by atoms with Gasteiger partial charge in [0.05, 0.1) is 18.6 Å². The van der Waals surface area contributed by atoms with E-state index in [1.807, 2.05) is 9.80 Å². The van der Waals surface area contributed by atoms with Gasteiger partial charge in [0.1, 0.15) is 0 Å². The van der Waals surface area contributed by atoms with Gasteiger partial charge in [-0.25, -0.2) is 8.42 Å². The van der Waals surface area contributed by atoms with Gasteiger partial charge >= 0.3 is 11.7 Å². The monoisotopic (exact) mass is 348 g/mol. The van der Waals surface area contributed by atoms with Crippen LogP contribution in [-0.2, 0) is 19.4 Å². The van der Waals surface area contributed by atoms with Gasteiger partial charge in [-0.2, -0.15) is 8.78 Å². The lowest BCUT2D eigenvalue weighted by molar-refractivity contribution is -0.142. The van der Waals surface area contributed by atoms with Crippen molar-refractivity contribution in [2.24, 2.45) is 0 Å². The number of carbonyl (C=O) groups is 1. The number of anilines is 1. The van der Waals surface area contributed by atoms with Crippen molar-refractivity contribution in [3.63, 3.8) is 0 Å². The fourth-order valence-electron chi connectivity index (χ4n) is 2.36. The maximum Gasteiger partial charge on any atom is 0.341 e. The third kappa shape index (κ3) is 4.17. The Hall–Kier alpha value is -1.74. The van der Waals surface area contributed by atoms with Crippen molar-refractivity contribution in [1.29, 1.82) is 0 Å². The number of carbonyl (C=O) groups excluding carboxylic acids is 1. The second-order valence-electron chi connectivity index (χ2n) is 5.14. The van der Waals surface area contributed by atoms with E-state index < -0.39 is 15.6 Å². The lowest BCUT2D eigenvalue weighted by Gasteiger charge is -2.35. The molecule has 1 aliphatic rings. The summed E-state index contributed by atoms with van der Waals surface area (Å²) in [7, 11) is -3.22. The molecule has 0 aliphatic carbocycles. The Morgan fingerprint density at radius 3 is 2.22 bits per heavy atom. The molecule has 0 spiro atoms. The average Bonchev–Trinajstić information content (AvgIpc) is 2.55. The van der Waals surface area contributed by atoms with Crippen LogP contribution in [0.25, 0.3) is 0 Å². The third-order valence-electron chi connectivity index (χ3n) is 3.72. The highest BCUT2D eigenvalue weighted by atomic mass is 32.2. The molecule has 0 aromatic heterocycles. The molecular formula is C14H18F2N2O4S. The van der Waals surface area contributed by atoms with Crippen LogP contribution in [0.5, 0.6) is 0 Å². The van der Waals surface area contributed by atoms with Crippen molar-refractivity contribution >= 4 is 21.5 Å². The van der Waals surface area contributed by atoms with Crippen LogP contribution in [-0.4, -0.2) is 64.9 Å². The number of esters is 1. The van der Waals surface area contributed by atoms with Gasteiger partial charge in [0.25, 0.3) is 0 Å². The van der Waals surface area contributed by atoms with Crippen LogP contribution in [0.15, 0.2) is 29.2 Å². The third-order valence-corrected chi connectivity index (χ3v) is 5.12. The highest BCUT2D eigenvalue weighted by molar-refractivity contribution is 7.91. The van der Waals surface area contributed by atoms with Crippen LogP contribution < -0.4 is 4.90 Å². The number of rotatable bonds is 5. The van der Waals surface area contributed by atoms with E-state index in [1.54, 1.807) is 0 Å². The molecule has 0 atom stereocenters. The first kappa shape index (κ1) is 17.6. The number of piperazine rings is 1. The van der Waals surface area contributed by atoms with Crippen molar-refractivity contribution in [3.05, 3.63) is 24.3 Å². The second-order valence-corrected chi connectivity index (χ2v) is 7.06. The number of halogens is 2. The SMILES string of the molecule is COC(=O)CN1CCN(c2ccc(S(=O)(=O)C(F)F)cc2)CC1. The Kier molecular flexibility index (Phi) is 5.53. The van der Waals surface area contributed by atoms with Gasteiger partial charge in [0.2, 0.25) is 9.84 Å². The fraction of sp³-hybridized carbons (Fsp3) is 0.500.